The number of rotatable bonds is 7. The van der Waals surface area contributed by atoms with Crippen molar-refractivity contribution in [3.63, 3.8) is 0 Å². The molecule has 0 saturated heterocycles. The third-order valence-electron chi connectivity index (χ3n) is 3.23. The Morgan fingerprint density at radius 2 is 2.08 bits per heavy atom. The molecule has 1 amide bonds. The van der Waals surface area contributed by atoms with Crippen LogP contribution in [0.4, 0.5) is 0 Å². The second-order valence-electron chi connectivity index (χ2n) is 5.48. The first kappa shape index (κ1) is 18.9. The normalized spacial score (nSPS) is 13.0. The van der Waals surface area contributed by atoms with Gasteiger partial charge in [0.1, 0.15) is 10.3 Å². The van der Waals surface area contributed by atoms with Crippen molar-refractivity contribution in [3.05, 3.63) is 46.6 Å². The molecule has 0 aromatic carbocycles. The molecule has 0 aliphatic carbocycles. The van der Waals surface area contributed by atoms with E-state index in [2.05, 4.69) is 15.0 Å². The summed E-state index contributed by atoms with van der Waals surface area (Å²) >= 11 is 6.73. The van der Waals surface area contributed by atoms with Crippen LogP contribution in [0.1, 0.15) is 19.4 Å². The lowest BCUT2D eigenvalue weighted by molar-refractivity contribution is -0.123. The lowest BCUT2D eigenvalue weighted by Crippen LogP contribution is -2.49. The molecule has 0 bridgehead atoms. The largest absolute Gasteiger partial charge is 0.351 e. The van der Waals surface area contributed by atoms with Crippen LogP contribution in [0, 0.1) is 5.92 Å². The Balaban J connectivity index is 2.07. The summed E-state index contributed by atoms with van der Waals surface area (Å²) in [6, 6.07) is 5.64. The molecule has 2 aromatic rings. The number of sulfonamides is 1. The SMILES string of the molecule is CC(C)[C@H](NS(=O)(=O)c1ccc(Cl)s1)C(=O)NCc1cccnc1. The summed E-state index contributed by atoms with van der Waals surface area (Å²) in [4.78, 5) is 16.4. The van der Waals surface area contributed by atoms with E-state index in [0.717, 1.165) is 16.9 Å². The summed E-state index contributed by atoms with van der Waals surface area (Å²) < 4.78 is 27.7. The quantitative estimate of drug-likeness (QED) is 0.763. The van der Waals surface area contributed by atoms with Crippen LogP contribution < -0.4 is 10.0 Å². The molecule has 6 nitrogen and oxygen atoms in total. The minimum Gasteiger partial charge on any atom is -0.351 e. The molecule has 2 aromatic heterocycles. The van der Waals surface area contributed by atoms with Crippen LogP contribution in [-0.4, -0.2) is 25.4 Å². The Bertz CT molecular complexity index is 791. The molecule has 2 rings (SSSR count). The van der Waals surface area contributed by atoms with Crippen LogP contribution in [0.5, 0.6) is 0 Å². The summed E-state index contributed by atoms with van der Waals surface area (Å²) in [5, 5.41) is 2.73. The van der Waals surface area contributed by atoms with Crippen LogP contribution in [0.2, 0.25) is 4.34 Å². The number of carbonyl (C=O) groups is 1. The van der Waals surface area contributed by atoms with E-state index in [0.29, 0.717) is 4.34 Å². The fourth-order valence-electron chi connectivity index (χ4n) is 1.96. The van der Waals surface area contributed by atoms with Gasteiger partial charge in [0.25, 0.3) is 10.0 Å². The van der Waals surface area contributed by atoms with Crippen molar-refractivity contribution in [1.82, 2.24) is 15.0 Å². The fraction of sp³-hybridized carbons (Fsp3) is 0.333. The molecule has 0 aliphatic rings. The maximum absolute atomic E-state index is 12.4. The fourth-order valence-corrected chi connectivity index (χ4v) is 4.80. The van der Waals surface area contributed by atoms with Gasteiger partial charge in [0.05, 0.1) is 4.34 Å². The lowest BCUT2D eigenvalue weighted by atomic mass is 10.0. The molecule has 130 valence electrons. The highest BCUT2D eigenvalue weighted by Crippen LogP contribution is 2.25. The van der Waals surface area contributed by atoms with E-state index in [1.165, 1.54) is 12.1 Å². The molecule has 2 N–H and O–H groups in total. The highest BCUT2D eigenvalue weighted by Gasteiger charge is 2.29. The number of aromatic nitrogens is 1. The zero-order valence-electron chi connectivity index (χ0n) is 13.2. The highest BCUT2D eigenvalue weighted by atomic mass is 35.5. The summed E-state index contributed by atoms with van der Waals surface area (Å²) in [7, 11) is -3.80. The van der Waals surface area contributed by atoms with Gasteiger partial charge in [-0.15, -0.1) is 11.3 Å². The van der Waals surface area contributed by atoms with Crippen LogP contribution in [0.15, 0.2) is 40.9 Å². The van der Waals surface area contributed by atoms with E-state index >= 15 is 0 Å². The van der Waals surface area contributed by atoms with Gasteiger partial charge in [-0.1, -0.05) is 31.5 Å². The Kier molecular flexibility index (Phi) is 6.34. The number of hydrogen-bond acceptors (Lipinski definition) is 5. The van der Waals surface area contributed by atoms with E-state index < -0.39 is 16.1 Å². The van der Waals surface area contributed by atoms with Crippen molar-refractivity contribution < 1.29 is 13.2 Å². The minimum atomic E-state index is -3.80. The van der Waals surface area contributed by atoms with E-state index in [-0.39, 0.29) is 22.6 Å². The topological polar surface area (TPSA) is 88.2 Å². The lowest BCUT2D eigenvalue weighted by Gasteiger charge is -2.21. The van der Waals surface area contributed by atoms with Gasteiger partial charge in [-0.05, 0) is 29.7 Å². The minimum absolute atomic E-state index is 0.0817. The smallest absolute Gasteiger partial charge is 0.250 e. The first-order valence-electron chi connectivity index (χ1n) is 7.24. The zero-order valence-corrected chi connectivity index (χ0v) is 15.6. The molecule has 0 spiro atoms. The molecule has 1 atom stereocenters. The number of nitrogens with one attached hydrogen (secondary N) is 2. The third kappa shape index (κ3) is 5.01. The van der Waals surface area contributed by atoms with Crippen LogP contribution >= 0.6 is 22.9 Å². The molecule has 0 fully saturated rings. The maximum atomic E-state index is 12.4. The number of thiophene rings is 1. The third-order valence-corrected chi connectivity index (χ3v) is 6.40. The van der Waals surface area contributed by atoms with Crippen molar-refractivity contribution in [1.29, 1.82) is 0 Å². The number of halogens is 1. The second kappa shape index (κ2) is 8.06. The predicted octanol–water partition coefficient (Wildman–Crippen LogP) is 2.42. The number of amides is 1. The van der Waals surface area contributed by atoms with Crippen LogP contribution in [-0.2, 0) is 21.4 Å². The summed E-state index contributed by atoms with van der Waals surface area (Å²) in [5.41, 5.74) is 0.834. The van der Waals surface area contributed by atoms with Crippen molar-refractivity contribution >= 4 is 38.9 Å². The first-order valence-corrected chi connectivity index (χ1v) is 9.91. The molecule has 24 heavy (non-hydrogen) atoms. The number of carbonyl (C=O) groups excluding carboxylic acids is 1. The van der Waals surface area contributed by atoms with Crippen molar-refractivity contribution in [2.75, 3.05) is 0 Å². The van der Waals surface area contributed by atoms with Gasteiger partial charge in [0.15, 0.2) is 0 Å². The molecular formula is C15H18ClN3O3S2. The standard InChI is InChI=1S/C15H18ClN3O3S2/c1-10(2)14(15(20)18-9-11-4-3-7-17-8-11)19-24(21,22)13-6-5-12(16)23-13/h3-8,10,14,19H,9H2,1-2H3,(H,18,20)/t14-/m0/s1. The summed E-state index contributed by atoms with van der Waals surface area (Å²) in [6.07, 6.45) is 3.28. The molecule has 0 saturated carbocycles. The molecule has 0 aliphatic heterocycles. The number of pyridine rings is 1. The van der Waals surface area contributed by atoms with E-state index in [9.17, 15) is 13.2 Å². The Hall–Kier alpha value is -1.48. The van der Waals surface area contributed by atoms with E-state index in [1.54, 1.807) is 32.3 Å². The number of nitrogens with zero attached hydrogens (tertiary/aromatic N) is 1. The predicted molar refractivity (Wildman–Crippen MR) is 94.4 cm³/mol. The summed E-state index contributed by atoms with van der Waals surface area (Å²) in [5.74, 6) is -0.607. The highest BCUT2D eigenvalue weighted by molar-refractivity contribution is 7.91. The van der Waals surface area contributed by atoms with Gasteiger partial charge in [-0.2, -0.15) is 4.72 Å². The van der Waals surface area contributed by atoms with Gasteiger partial charge in [-0.3, -0.25) is 9.78 Å². The van der Waals surface area contributed by atoms with Gasteiger partial charge >= 0.3 is 0 Å². The van der Waals surface area contributed by atoms with Gasteiger partial charge in [0.2, 0.25) is 5.91 Å². The van der Waals surface area contributed by atoms with Crippen molar-refractivity contribution in [2.45, 2.75) is 30.6 Å². The molecule has 0 radical (unpaired) electrons. The molecular weight excluding hydrogens is 370 g/mol. The average Bonchev–Trinajstić information content (AvgIpc) is 2.98. The number of hydrogen-bond donors (Lipinski definition) is 2. The van der Waals surface area contributed by atoms with Crippen molar-refractivity contribution in [2.24, 2.45) is 5.92 Å². The monoisotopic (exact) mass is 387 g/mol. The molecule has 0 unspecified atom stereocenters. The summed E-state index contributed by atoms with van der Waals surface area (Å²) in [6.45, 7) is 3.83. The van der Waals surface area contributed by atoms with Gasteiger partial charge in [-0.25, -0.2) is 8.42 Å². The van der Waals surface area contributed by atoms with Crippen molar-refractivity contribution in [3.8, 4) is 0 Å². The molecule has 9 heteroatoms. The zero-order chi connectivity index (χ0) is 17.7. The first-order chi connectivity index (χ1) is 11.3. The Labute approximate surface area is 150 Å². The van der Waals surface area contributed by atoms with E-state index in [4.69, 9.17) is 11.6 Å². The van der Waals surface area contributed by atoms with Crippen LogP contribution in [0.3, 0.4) is 0 Å². The average molecular weight is 388 g/mol. The molecule has 2 heterocycles. The van der Waals surface area contributed by atoms with Gasteiger partial charge in [0, 0.05) is 18.9 Å². The second-order valence-corrected chi connectivity index (χ2v) is 9.14. The van der Waals surface area contributed by atoms with Crippen LogP contribution in [0.25, 0.3) is 0 Å². The Morgan fingerprint density at radius 1 is 1.33 bits per heavy atom. The Morgan fingerprint density at radius 3 is 2.62 bits per heavy atom. The van der Waals surface area contributed by atoms with Gasteiger partial charge < -0.3 is 5.32 Å². The van der Waals surface area contributed by atoms with E-state index in [1.807, 2.05) is 6.07 Å². The maximum Gasteiger partial charge on any atom is 0.250 e.